The predicted octanol–water partition coefficient (Wildman–Crippen LogP) is 0.440. The average molecular weight is 245 g/mol. The molecule has 1 unspecified atom stereocenters. The van der Waals surface area contributed by atoms with Gasteiger partial charge in [0, 0.05) is 25.1 Å². The van der Waals surface area contributed by atoms with E-state index in [1.165, 1.54) is 0 Å². The van der Waals surface area contributed by atoms with Crippen molar-refractivity contribution in [3.63, 3.8) is 0 Å². The highest BCUT2D eigenvalue weighted by Crippen LogP contribution is 2.17. The quantitative estimate of drug-likeness (QED) is 0.717. The molecule has 2 aromatic rings. The molecule has 0 saturated carbocycles. The van der Waals surface area contributed by atoms with Gasteiger partial charge in [-0.3, -0.25) is 9.78 Å². The summed E-state index contributed by atoms with van der Waals surface area (Å²) in [5.41, 5.74) is 1.62. The molecule has 0 spiro atoms. The van der Waals surface area contributed by atoms with Gasteiger partial charge in [0.15, 0.2) is 5.65 Å². The van der Waals surface area contributed by atoms with Gasteiger partial charge in [-0.15, -0.1) is 0 Å². The zero-order valence-electron chi connectivity index (χ0n) is 10.2. The van der Waals surface area contributed by atoms with Crippen LogP contribution in [0.2, 0.25) is 0 Å². The number of amides is 1. The number of hydrogen-bond donors (Lipinski definition) is 3. The topological polar surface area (TPSA) is 82.7 Å². The van der Waals surface area contributed by atoms with Gasteiger partial charge in [-0.05, 0) is 19.9 Å². The van der Waals surface area contributed by atoms with Crippen molar-refractivity contribution in [1.29, 1.82) is 0 Å². The Morgan fingerprint density at radius 1 is 1.44 bits per heavy atom. The molecule has 0 aliphatic carbocycles. The molecule has 6 heteroatoms. The van der Waals surface area contributed by atoms with Crippen molar-refractivity contribution >= 4 is 17.1 Å². The molecule has 3 heterocycles. The number of carbonyl (C=O) groups excluding carboxylic acids is 1. The molecule has 2 aromatic heterocycles. The van der Waals surface area contributed by atoms with Crippen LogP contribution >= 0.6 is 0 Å². The number of fused-ring (bicyclic) bond motifs is 1. The van der Waals surface area contributed by atoms with Gasteiger partial charge in [0.25, 0.3) is 5.91 Å². The van der Waals surface area contributed by atoms with E-state index in [1.807, 2.05) is 6.92 Å². The molecule has 1 aliphatic heterocycles. The zero-order chi connectivity index (χ0) is 12.6. The highest BCUT2D eigenvalue weighted by atomic mass is 16.1. The minimum Gasteiger partial charge on any atom is -0.345 e. The van der Waals surface area contributed by atoms with Crippen LogP contribution in [0.15, 0.2) is 18.6 Å². The van der Waals surface area contributed by atoms with Crippen LogP contribution in [0.1, 0.15) is 23.7 Å². The maximum atomic E-state index is 12.3. The minimum absolute atomic E-state index is 0.104. The number of aromatic nitrogens is 3. The van der Waals surface area contributed by atoms with E-state index in [0.29, 0.717) is 16.7 Å². The molecule has 1 saturated heterocycles. The van der Waals surface area contributed by atoms with Gasteiger partial charge >= 0.3 is 0 Å². The lowest BCUT2D eigenvalue weighted by Crippen LogP contribution is -2.47. The minimum atomic E-state index is -0.178. The fourth-order valence-corrected chi connectivity index (χ4v) is 2.29. The molecule has 1 fully saturated rings. The lowest BCUT2D eigenvalue weighted by Gasteiger charge is -2.24. The number of carbonyl (C=O) groups is 1. The first kappa shape index (κ1) is 11.2. The lowest BCUT2D eigenvalue weighted by molar-refractivity contribution is 0.0914. The van der Waals surface area contributed by atoms with Crippen LogP contribution in [0.4, 0.5) is 0 Å². The molecular formula is C12H15N5O. The fraction of sp³-hybridized carbons (Fsp3) is 0.417. The van der Waals surface area contributed by atoms with Crippen molar-refractivity contribution in [2.75, 3.05) is 13.1 Å². The SMILES string of the molecule is CC1(NC(=O)c2c[nH]c3nccnc23)CCNC1. The van der Waals surface area contributed by atoms with Gasteiger partial charge in [-0.1, -0.05) is 0 Å². The van der Waals surface area contributed by atoms with Crippen molar-refractivity contribution < 1.29 is 4.79 Å². The number of aromatic amines is 1. The number of hydrogen-bond acceptors (Lipinski definition) is 4. The summed E-state index contributed by atoms with van der Waals surface area (Å²) in [4.78, 5) is 23.5. The van der Waals surface area contributed by atoms with Crippen LogP contribution in [0.5, 0.6) is 0 Å². The molecule has 0 radical (unpaired) electrons. The first-order chi connectivity index (χ1) is 8.68. The summed E-state index contributed by atoms with van der Waals surface area (Å²) in [5, 5.41) is 6.31. The second-order valence-corrected chi connectivity index (χ2v) is 4.90. The Morgan fingerprint density at radius 2 is 2.28 bits per heavy atom. The monoisotopic (exact) mass is 245 g/mol. The van der Waals surface area contributed by atoms with Crippen molar-refractivity contribution in [2.24, 2.45) is 0 Å². The van der Waals surface area contributed by atoms with Gasteiger partial charge in [0.2, 0.25) is 0 Å². The fourth-order valence-electron chi connectivity index (χ4n) is 2.29. The Labute approximate surface area is 104 Å². The maximum absolute atomic E-state index is 12.3. The van der Waals surface area contributed by atoms with Crippen molar-refractivity contribution in [1.82, 2.24) is 25.6 Å². The highest BCUT2D eigenvalue weighted by molar-refractivity contribution is 6.04. The first-order valence-corrected chi connectivity index (χ1v) is 5.99. The Bertz CT molecular complexity index is 585. The third kappa shape index (κ3) is 1.84. The summed E-state index contributed by atoms with van der Waals surface area (Å²) in [6.07, 6.45) is 5.78. The molecule has 1 amide bonds. The van der Waals surface area contributed by atoms with Crippen LogP contribution in [0.25, 0.3) is 11.2 Å². The smallest absolute Gasteiger partial charge is 0.255 e. The van der Waals surface area contributed by atoms with Gasteiger partial charge < -0.3 is 15.6 Å². The Morgan fingerprint density at radius 3 is 3.06 bits per heavy atom. The second kappa shape index (κ2) is 4.06. The molecular weight excluding hydrogens is 230 g/mol. The lowest BCUT2D eigenvalue weighted by atomic mass is 10.0. The number of H-pyrrole nitrogens is 1. The summed E-state index contributed by atoms with van der Waals surface area (Å²) in [7, 11) is 0. The van der Waals surface area contributed by atoms with Crippen LogP contribution in [-0.2, 0) is 0 Å². The molecule has 6 nitrogen and oxygen atoms in total. The molecule has 18 heavy (non-hydrogen) atoms. The summed E-state index contributed by atoms with van der Waals surface area (Å²) in [6, 6.07) is 0. The number of nitrogens with one attached hydrogen (secondary N) is 3. The van der Waals surface area contributed by atoms with E-state index in [1.54, 1.807) is 18.6 Å². The van der Waals surface area contributed by atoms with Gasteiger partial charge in [0.05, 0.1) is 11.1 Å². The van der Waals surface area contributed by atoms with Crippen LogP contribution in [-0.4, -0.2) is 39.5 Å². The number of nitrogens with zero attached hydrogens (tertiary/aromatic N) is 2. The third-order valence-corrected chi connectivity index (χ3v) is 3.34. The van der Waals surface area contributed by atoms with Gasteiger partial charge in [-0.2, -0.15) is 0 Å². The molecule has 3 N–H and O–H groups in total. The summed E-state index contributed by atoms with van der Waals surface area (Å²) < 4.78 is 0. The summed E-state index contributed by atoms with van der Waals surface area (Å²) in [6.45, 7) is 3.78. The highest BCUT2D eigenvalue weighted by Gasteiger charge is 2.31. The summed E-state index contributed by atoms with van der Waals surface area (Å²) >= 11 is 0. The molecule has 1 aliphatic rings. The largest absolute Gasteiger partial charge is 0.345 e. The van der Waals surface area contributed by atoms with E-state index in [0.717, 1.165) is 19.5 Å². The van der Waals surface area contributed by atoms with E-state index >= 15 is 0 Å². The van der Waals surface area contributed by atoms with Crippen molar-refractivity contribution in [2.45, 2.75) is 18.9 Å². The zero-order valence-corrected chi connectivity index (χ0v) is 10.2. The van der Waals surface area contributed by atoms with E-state index in [-0.39, 0.29) is 11.4 Å². The van der Waals surface area contributed by atoms with Crippen LogP contribution in [0.3, 0.4) is 0 Å². The van der Waals surface area contributed by atoms with Crippen molar-refractivity contribution in [3.8, 4) is 0 Å². The number of rotatable bonds is 2. The Kier molecular flexibility index (Phi) is 2.52. The maximum Gasteiger partial charge on any atom is 0.255 e. The van der Waals surface area contributed by atoms with E-state index in [4.69, 9.17) is 0 Å². The van der Waals surface area contributed by atoms with Gasteiger partial charge in [-0.25, -0.2) is 4.98 Å². The van der Waals surface area contributed by atoms with Crippen LogP contribution in [0, 0.1) is 0 Å². The predicted molar refractivity (Wildman–Crippen MR) is 67.2 cm³/mol. The van der Waals surface area contributed by atoms with E-state index in [2.05, 4.69) is 25.6 Å². The second-order valence-electron chi connectivity index (χ2n) is 4.90. The van der Waals surface area contributed by atoms with E-state index in [9.17, 15) is 4.79 Å². The van der Waals surface area contributed by atoms with E-state index < -0.39 is 0 Å². The Hall–Kier alpha value is -1.95. The molecule has 94 valence electrons. The molecule has 0 bridgehead atoms. The standard InChI is InChI=1S/C12H15N5O/c1-12(2-3-13-7-12)17-11(18)8-6-16-10-9(8)14-4-5-15-10/h4-6,13H,2-3,7H2,1H3,(H,15,16)(H,17,18). The Balaban J connectivity index is 1.88. The molecule has 1 atom stereocenters. The molecule has 0 aromatic carbocycles. The van der Waals surface area contributed by atoms with Gasteiger partial charge in [0.1, 0.15) is 5.52 Å². The average Bonchev–Trinajstić information content (AvgIpc) is 2.95. The summed E-state index contributed by atoms with van der Waals surface area (Å²) in [5.74, 6) is -0.104. The first-order valence-electron chi connectivity index (χ1n) is 5.99. The molecule has 3 rings (SSSR count). The van der Waals surface area contributed by atoms with Crippen LogP contribution < -0.4 is 10.6 Å². The van der Waals surface area contributed by atoms with Crippen molar-refractivity contribution in [3.05, 3.63) is 24.2 Å². The normalized spacial score (nSPS) is 23.4. The third-order valence-electron chi connectivity index (χ3n) is 3.34.